The van der Waals surface area contributed by atoms with E-state index in [2.05, 4.69) is 5.32 Å². The zero-order valence-corrected chi connectivity index (χ0v) is 11.6. The molecule has 102 valence electrons. The third kappa shape index (κ3) is 3.14. The molecule has 0 atom stereocenters. The maximum Gasteiger partial charge on any atom is 0.321 e. The Morgan fingerprint density at radius 1 is 1.42 bits per heavy atom. The quantitative estimate of drug-likeness (QED) is 0.830. The number of anilines is 1. The summed E-state index contributed by atoms with van der Waals surface area (Å²) in [6.45, 7) is 1.61. The molecule has 1 fully saturated rings. The van der Waals surface area contributed by atoms with Gasteiger partial charge in [-0.1, -0.05) is 12.2 Å². The van der Waals surface area contributed by atoms with E-state index in [1.807, 2.05) is 0 Å². The number of rotatable bonds is 3. The molecule has 0 radical (unpaired) electrons. The van der Waals surface area contributed by atoms with Crippen LogP contribution in [0.15, 0.2) is 18.2 Å². The molecule has 2 rings (SSSR count). The smallest absolute Gasteiger partial charge is 0.321 e. The maximum absolute atomic E-state index is 12.0. The molecule has 0 saturated carbocycles. The highest BCUT2D eigenvalue weighted by molar-refractivity contribution is 7.80. The largest absolute Gasteiger partial charge is 0.495 e. The maximum atomic E-state index is 12.0. The lowest BCUT2D eigenvalue weighted by molar-refractivity contribution is 0.222. The van der Waals surface area contributed by atoms with E-state index in [0.717, 1.165) is 25.9 Å². The first-order valence-corrected chi connectivity index (χ1v) is 6.56. The van der Waals surface area contributed by atoms with E-state index in [-0.39, 0.29) is 6.03 Å². The van der Waals surface area contributed by atoms with Crippen molar-refractivity contribution in [3.05, 3.63) is 23.8 Å². The van der Waals surface area contributed by atoms with E-state index in [9.17, 15) is 4.79 Å². The molecule has 0 aromatic heterocycles. The molecular formula is C13H17N3O2S. The number of amides is 2. The predicted molar refractivity (Wildman–Crippen MR) is 78.7 cm³/mol. The summed E-state index contributed by atoms with van der Waals surface area (Å²) in [7, 11) is 1.55. The number of urea groups is 1. The van der Waals surface area contributed by atoms with Gasteiger partial charge in [0.1, 0.15) is 10.7 Å². The van der Waals surface area contributed by atoms with Gasteiger partial charge in [-0.05, 0) is 31.0 Å². The Morgan fingerprint density at radius 2 is 2.11 bits per heavy atom. The Morgan fingerprint density at radius 3 is 2.68 bits per heavy atom. The van der Waals surface area contributed by atoms with Gasteiger partial charge in [-0.2, -0.15) is 0 Å². The number of hydrogen-bond donors (Lipinski definition) is 2. The molecular weight excluding hydrogens is 262 g/mol. The van der Waals surface area contributed by atoms with Gasteiger partial charge in [0.15, 0.2) is 0 Å². The van der Waals surface area contributed by atoms with E-state index in [1.165, 1.54) is 0 Å². The average molecular weight is 279 g/mol. The molecule has 0 aliphatic carbocycles. The fourth-order valence-electron chi connectivity index (χ4n) is 2.06. The van der Waals surface area contributed by atoms with E-state index in [4.69, 9.17) is 22.7 Å². The van der Waals surface area contributed by atoms with Crippen molar-refractivity contribution < 1.29 is 9.53 Å². The highest BCUT2D eigenvalue weighted by atomic mass is 32.1. The van der Waals surface area contributed by atoms with Crippen LogP contribution >= 0.6 is 12.2 Å². The number of benzene rings is 1. The molecule has 5 nitrogen and oxygen atoms in total. The lowest BCUT2D eigenvalue weighted by atomic mass is 10.2. The van der Waals surface area contributed by atoms with E-state index in [1.54, 1.807) is 30.2 Å². The van der Waals surface area contributed by atoms with Crippen LogP contribution in [0.5, 0.6) is 5.75 Å². The van der Waals surface area contributed by atoms with Crippen molar-refractivity contribution in [1.29, 1.82) is 0 Å². The summed E-state index contributed by atoms with van der Waals surface area (Å²) in [6.07, 6.45) is 2.12. The second-order valence-electron chi connectivity index (χ2n) is 4.40. The number of carbonyl (C=O) groups is 1. The molecule has 6 heteroatoms. The summed E-state index contributed by atoms with van der Waals surface area (Å²) in [5.41, 5.74) is 6.91. The monoisotopic (exact) mass is 279 g/mol. The summed E-state index contributed by atoms with van der Waals surface area (Å²) >= 11 is 4.91. The van der Waals surface area contributed by atoms with Crippen molar-refractivity contribution in [1.82, 2.24) is 4.90 Å². The van der Waals surface area contributed by atoms with Crippen molar-refractivity contribution in [2.45, 2.75) is 12.8 Å². The van der Waals surface area contributed by atoms with Crippen molar-refractivity contribution in [2.75, 3.05) is 25.5 Å². The van der Waals surface area contributed by atoms with Crippen molar-refractivity contribution in [2.24, 2.45) is 5.73 Å². The van der Waals surface area contributed by atoms with Gasteiger partial charge in [-0.15, -0.1) is 0 Å². The van der Waals surface area contributed by atoms with Gasteiger partial charge in [0.05, 0.1) is 12.8 Å². The van der Waals surface area contributed by atoms with Crippen LogP contribution in [0.3, 0.4) is 0 Å². The van der Waals surface area contributed by atoms with Gasteiger partial charge in [0.2, 0.25) is 0 Å². The zero-order valence-electron chi connectivity index (χ0n) is 10.8. The van der Waals surface area contributed by atoms with Gasteiger partial charge < -0.3 is 20.7 Å². The van der Waals surface area contributed by atoms with Crippen LogP contribution in [0.4, 0.5) is 10.5 Å². The lowest BCUT2D eigenvalue weighted by Gasteiger charge is -2.18. The van der Waals surface area contributed by atoms with Crippen LogP contribution < -0.4 is 15.8 Å². The number of nitrogens with two attached hydrogens (primary N) is 1. The van der Waals surface area contributed by atoms with Crippen LogP contribution in [0, 0.1) is 0 Å². The molecule has 0 unspecified atom stereocenters. The third-order valence-corrected chi connectivity index (χ3v) is 3.36. The van der Waals surface area contributed by atoms with Crippen LogP contribution in [-0.2, 0) is 0 Å². The first-order chi connectivity index (χ1) is 9.11. The van der Waals surface area contributed by atoms with Gasteiger partial charge in [0.25, 0.3) is 0 Å². The molecule has 0 bridgehead atoms. The molecule has 0 spiro atoms. The summed E-state index contributed by atoms with van der Waals surface area (Å²) < 4.78 is 5.25. The number of likely N-dealkylation sites (tertiary alicyclic amines) is 1. The predicted octanol–water partition coefficient (Wildman–Crippen LogP) is 1.96. The Balaban J connectivity index is 2.15. The van der Waals surface area contributed by atoms with Gasteiger partial charge in [-0.25, -0.2) is 4.79 Å². The second kappa shape index (κ2) is 5.88. The molecule has 2 amide bonds. The number of nitrogens with one attached hydrogen (secondary N) is 1. The van der Waals surface area contributed by atoms with Crippen LogP contribution in [-0.4, -0.2) is 36.1 Å². The summed E-state index contributed by atoms with van der Waals surface area (Å²) in [5, 5.41) is 2.85. The summed E-state index contributed by atoms with van der Waals surface area (Å²) in [4.78, 5) is 14.1. The van der Waals surface area contributed by atoms with Gasteiger partial charge in [-0.3, -0.25) is 0 Å². The zero-order chi connectivity index (χ0) is 13.8. The van der Waals surface area contributed by atoms with E-state index < -0.39 is 0 Å². The molecule has 1 aromatic carbocycles. The number of carbonyl (C=O) groups excluding carboxylic acids is 1. The SMILES string of the molecule is COc1cc(C(N)=S)ccc1NC(=O)N1CCCC1. The highest BCUT2D eigenvalue weighted by Gasteiger charge is 2.19. The minimum absolute atomic E-state index is 0.0983. The van der Waals surface area contributed by atoms with Crippen LogP contribution in [0.25, 0.3) is 0 Å². The van der Waals surface area contributed by atoms with Gasteiger partial charge in [0, 0.05) is 18.7 Å². The number of ether oxygens (including phenoxy) is 1. The van der Waals surface area contributed by atoms with E-state index in [0.29, 0.717) is 22.0 Å². The molecule has 1 aliphatic heterocycles. The third-order valence-electron chi connectivity index (χ3n) is 3.12. The fraction of sp³-hybridized carbons (Fsp3) is 0.385. The minimum atomic E-state index is -0.0983. The van der Waals surface area contributed by atoms with Crippen molar-refractivity contribution in [3.8, 4) is 5.75 Å². The number of nitrogens with zero attached hydrogens (tertiary/aromatic N) is 1. The van der Waals surface area contributed by atoms with Crippen LogP contribution in [0.1, 0.15) is 18.4 Å². The van der Waals surface area contributed by atoms with Crippen molar-refractivity contribution in [3.63, 3.8) is 0 Å². The Bertz CT molecular complexity index is 499. The molecule has 19 heavy (non-hydrogen) atoms. The topological polar surface area (TPSA) is 67.6 Å². The molecule has 3 N–H and O–H groups in total. The minimum Gasteiger partial charge on any atom is -0.495 e. The lowest BCUT2D eigenvalue weighted by Crippen LogP contribution is -2.32. The molecule has 1 saturated heterocycles. The Labute approximate surface area is 117 Å². The number of methoxy groups -OCH3 is 1. The Hall–Kier alpha value is -1.82. The van der Waals surface area contributed by atoms with Gasteiger partial charge >= 0.3 is 6.03 Å². The summed E-state index contributed by atoms with van der Waals surface area (Å²) in [5.74, 6) is 0.554. The van der Waals surface area contributed by atoms with Crippen LogP contribution in [0.2, 0.25) is 0 Å². The molecule has 1 heterocycles. The number of thiocarbonyl (C=S) groups is 1. The van der Waals surface area contributed by atoms with E-state index >= 15 is 0 Å². The highest BCUT2D eigenvalue weighted by Crippen LogP contribution is 2.26. The standard InChI is InChI=1S/C13H17N3O2S/c1-18-11-8-9(12(14)19)4-5-10(11)15-13(17)16-6-2-3-7-16/h4-5,8H,2-3,6-7H2,1H3,(H2,14,19)(H,15,17). The normalized spacial score (nSPS) is 14.3. The number of hydrogen-bond acceptors (Lipinski definition) is 3. The second-order valence-corrected chi connectivity index (χ2v) is 4.84. The first-order valence-electron chi connectivity index (χ1n) is 6.15. The average Bonchev–Trinajstić information content (AvgIpc) is 2.92. The Kier molecular flexibility index (Phi) is 4.21. The molecule has 1 aliphatic rings. The van der Waals surface area contributed by atoms with Crippen molar-refractivity contribution >= 4 is 28.9 Å². The summed E-state index contributed by atoms with van der Waals surface area (Å²) in [6, 6.07) is 5.15. The first kappa shape index (κ1) is 13.6. The molecule has 1 aromatic rings. The fourth-order valence-corrected chi connectivity index (χ4v) is 2.19.